The maximum absolute atomic E-state index is 6.29. The molecule has 2 heterocycles. The first-order chi connectivity index (χ1) is 29.3. The Morgan fingerprint density at radius 2 is 0.949 bits per heavy atom. The van der Waals surface area contributed by atoms with Crippen LogP contribution < -0.4 is 4.90 Å². The van der Waals surface area contributed by atoms with E-state index in [1.807, 2.05) is 12.1 Å². The molecule has 2 aromatic heterocycles. The zero-order chi connectivity index (χ0) is 38.9. The van der Waals surface area contributed by atoms with E-state index in [4.69, 9.17) is 4.42 Å². The van der Waals surface area contributed by atoms with Crippen LogP contribution in [-0.2, 0) is 0 Å². The zero-order valence-electron chi connectivity index (χ0n) is 32.1. The molecule has 0 radical (unpaired) electrons. The number of para-hydroxylation sites is 4. The van der Waals surface area contributed by atoms with Gasteiger partial charge in [-0.2, -0.15) is 0 Å². The Labute approximate surface area is 341 Å². The highest BCUT2D eigenvalue weighted by Crippen LogP contribution is 2.46. The Morgan fingerprint density at radius 3 is 1.75 bits per heavy atom. The molecule has 0 aliphatic rings. The van der Waals surface area contributed by atoms with Crippen LogP contribution in [0.15, 0.2) is 223 Å². The van der Waals surface area contributed by atoms with Crippen molar-refractivity contribution < 1.29 is 4.42 Å². The Bertz CT molecular complexity index is 3520. The summed E-state index contributed by atoms with van der Waals surface area (Å²) in [5.41, 5.74) is 13.2. The minimum atomic E-state index is 0.896. The van der Waals surface area contributed by atoms with Crippen molar-refractivity contribution in [2.45, 2.75) is 0 Å². The molecule has 12 aromatic rings. The highest BCUT2D eigenvalue weighted by molar-refractivity contribution is 6.16. The third kappa shape index (κ3) is 5.29. The number of rotatable bonds is 6. The maximum atomic E-state index is 6.29. The Kier molecular flexibility index (Phi) is 7.54. The summed E-state index contributed by atoms with van der Waals surface area (Å²) in [5, 5.41) is 9.72. The van der Waals surface area contributed by atoms with Crippen LogP contribution in [0.5, 0.6) is 0 Å². The molecule has 10 aromatic carbocycles. The summed E-state index contributed by atoms with van der Waals surface area (Å²) in [6.45, 7) is 0. The van der Waals surface area contributed by atoms with E-state index < -0.39 is 0 Å². The second kappa shape index (κ2) is 13.4. The number of furan rings is 1. The van der Waals surface area contributed by atoms with Crippen LogP contribution in [0.3, 0.4) is 0 Å². The van der Waals surface area contributed by atoms with Crippen LogP contribution in [0.2, 0.25) is 0 Å². The number of nitrogens with zero attached hydrogens (tertiary/aromatic N) is 2. The summed E-state index contributed by atoms with van der Waals surface area (Å²) in [7, 11) is 0. The molecule has 0 fully saturated rings. The number of hydrogen-bond acceptors (Lipinski definition) is 2. The molecule has 12 rings (SSSR count). The van der Waals surface area contributed by atoms with Gasteiger partial charge in [-0.25, -0.2) is 0 Å². The summed E-state index contributed by atoms with van der Waals surface area (Å²) < 4.78 is 8.69. The van der Waals surface area contributed by atoms with E-state index >= 15 is 0 Å². The lowest BCUT2D eigenvalue weighted by Crippen LogP contribution is -2.12. The van der Waals surface area contributed by atoms with Crippen LogP contribution in [0, 0.1) is 0 Å². The molecule has 0 amide bonds. The van der Waals surface area contributed by atoms with Crippen molar-refractivity contribution in [3.8, 4) is 27.9 Å². The first-order valence-corrected chi connectivity index (χ1v) is 20.2. The first kappa shape index (κ1) is 33.3. The van der Waals surface area contributed by atoms with Gasteiger partial charge in [0, 0.05) is 44.2 Å². The molecule has 0 aliphatic carbocycles. The highest BCUT2D eigenvalue weighted by atomic mass is 16.3. The average Bonchev–Trinajstić information content (AvgIpc) is 3.86. The summed E-state index contributed by atoms with van der Waals surface area (Å²) >= 11 is 0. The number of benzene rings is 10. The summed E-state index contributed by atoms with van der Waals surface area (Å²) in [6, 6.07) is 78.8. The van der Waals surface area contributed by atoms with Gasteiger partial charge in [-0.05, 0) is 105 Å². The normalized spacial score (nSPS) is 11.7. The van der Waals surface area contributed by atoms with E-state index in [9.17, 15) is 0 Å². The molecule has 0 spiro atoms. The fourth-order valence-corrected chi connectivity index (χ4v) is 9.38. The summed E-state index contributed by atoms with van der Waals surface area (Å²) in [4.78, 5) is 2.42. The number of anilines is 3. The molecule has 3 heteroatoms. The van der Waals surface area contributed by atoms with Crippen LogP contribution in [0.4, 0.5) is 17.1 Å². The molecule has 0 aliphatic heterocycles. The van der Waals surface area contributed by atoms with Gasteiger partial charge in [-0.1, -0.05) is 152 Å². The summed E-state index contributed by atoms with van der Waals surface area (Å²) in [5.74, 6) is 0. The van der Waals surface area contributed by atoms with E-state index in [-0.39, 0.29) is 0 Å². The molecule has 0 N–H and O–H groups in total. The van der Waals surface area contributed by atoms with E-state index in [0.717, 1.165) is 61.4 Å². The second-order valence-corrected chi connectivity index (χ2v) is 15.3. The van der Waals surface area contributed by atoms with Gasteiger partial charge in [-0.15, -0.1) is 0 Å². The van der Waals surface area contributed by atoms with Crippen LogP contribution in [-0.4, -0.2) is 4.57 Å². The molecule has 0 bridgehead atoms. The Balaban J connectivity index is 1.08. The fraction of sp³-hybridized carbons (Fsp3) is 0. The molecule has 0 saturated carbocycles. The third-order valence-corrected chi connectivity index (χ3v) is 12.0. The van der Waals surface area contributed by atoms with Crippen molar-refractivity contribution in [1.29, 1.82) is 0 Å². The van der Waals surface area contributed by atoms with Crippen molar-refractivity contribution in [2.24, 2.45) is 0 Å². The van der Waals surface area contributed by atoms with Crippen molar-refractivity contribution in [3.05, 3.63) is 218 Å². The maximum Gasteiger partial charge on any atom is 0.136 e. The van der Waals surface area contributed by atoms with E-state index in [2.05, 4.69) is 216 Å². The van der Waals surface area contributed by atoms with Crippen molar-refractivity contribution in [3.63, 3.8) is 0 Å². The lowest BCUT2D eigenvalue weighted by molar-refractivity contribution is 0.669. The van der Waals surface area contributed by atoms with Crippen LogP contribution in [0.1, 0.15) is 0 Å². The second-order valence-electron chi connectivity index (χ2n) is 15.3. The predicted octanol–water partition coefficient (Wildman–Crippen LogP) is 15.8. The van der Waals surface area contributed by atoms with Gasteiger partial charge in [-0.3, -0.25) is 0 Å². The molecular formula is C56H36N2O. The quantitative estimate of drug-likeness (QED) is 0.158. The van der Waals surface area contributed by atoms with Gasteiger partial charge >= 0.3 is 0 Å². The van der Waals surface area contributed by atoms with Gasteiger partial charge < -0.3 is 13.9 Å². The Hall–Kier alpha value is -7.88. The fourth-order valence-electron chi connectivity index (χ4n) is 9.38. The molecule has 3 nitrogen and oxygen atoms in total. The molecular weight excluding hydrogens is 717 g/mol. The van der Waals surface area contributed by atoms with E-state index in [1.54, 1.807) is 0 Å². The van der Waals surface area contributed by atoms with Crippen LogP contribution in [0.25, 0.3) is 93.2 Å². The standard InChI is InChI=1S/C56H36N2O/c1-2-18-42-38(15-1)35-50(45-20-4-3-19-44(42)45)48-23-7-9-26-51(48)57(39-33-31-37(32-34-39)43-25-14-30-55-56(43)49-24-8-12-29-54(49)59-55)40-16-13-17-41(36-40)58-52-27-10-5-21-46(52)47-22-6-11-28-53(47)58/h1-36H. The molecule has 276 valence electrons. The molecule has 59 heavy (non-hydrogen) atoms. The monoisotopic (exact) mass is 752 g/mol. The number of hydrogen-bond donors (Lipinski definition) is 0. The van der Waals surface area contributed by atoms with Gasteiger partial charge in [0.05, 0.1) is 16.7 Å². The molecule has 0 unspecified atom stereocenters. The average molecular weight is 753 g/mol. The lowest BCUT2D eigenvalue weighted by atomic mass is 9.92. The van der Waals surface area contributed by atoms with Crippen molar-refractivity contribution in [2.75, 3.05) is 4.90 Å². The van der Waals surface area contributed by atoms with Gasteiger partial charge in [0.25, 0.3) is 0 Å². The number of aromatic nitrogens is 1. The smallest absolute Gasteiger partial charge is 0.136 e. The van der Waals surface area contributed by atoms with E-state index in [1.165, 1.54) is 48.9 Å². The SMILES string of the molecule is c1cc(N(c2ccc(-c3cccc4oc5ccccc5c34)cc2)c2ccccc2-c2cc3ccccc3c3ccccc23)cc(-n2c3ccccc3c3ccccc32)c1. The third-order valence-electron chi connectivity index (χ3n) is 12.0. The van der Waals surface area contributed by atoms with Gasteiger partial charge in [0.2, 0.25) is 0 Å². The molecule has 0 saturated heterocycles. The highest BCUT2D eigenvalue weighted by Gasteiger charge is 2.21. The van der Waals surface area contributed by atoms with Gasteiger partial charge in [0.1, 0.15) is 11.2 Å². The lowest BCUT2D eigenvalue weighted by Gasteiger charge is -2.29. The zero-order valence-corrected chi connectivity index (χ0v) is 32.1. The summed E-state index contributed by atoms with van der Waals surface area (Å²) in [6.07, 6.45) is 0. The van der Waals surface area contributed by atoms with Gasteiger partial charge in [0.15, 0.2) is 0 Å². The Morgan fingerprint density at radius 1 is 0.356 bits per heavy atom. The topological polar surface area (TPSA) is 21.3 Å². The van der Waals surface area contributed by atoms with E-state index in [0.29, 0.717) is 0 Å². The van der Waals surface area contributed by atoms with Crippen LogP contribution >= 0.6 is 0 Å². The minimum Gasteiger partial charge on any atom is -0.456 e. The largest absolute Gasteiger partial charge is 0.456 e. The molecule has 0 atom stereocenters. The predicted molar refractivity (Wildman–Crippen MR) is 249 cm³/mol. The first-order valence-electron chi connectivity index (χ1n) is 20.2. The number of fused-ring (bicyclic) bond motifs is 9. The minimum absolute atomic E-state index is 0.896. The van der Waals surface area contributed by atoms with Crippen molar-refractivity contribution >= 4 is 82.4 Å². The van der Waals surface area contributed by atoms with Crippen molar-refractivity contribution in [1.82, 2.24) is 4.57 Å².